The molecule has 0 fully saturated rings. The zero-order chi connectivity index (χ0) is 19.4. The van der Waals surface area contributed by atoms with E-state index in [0.29, 0.717) is 36.8 Å². The van der Waals surface area contributed by atoms with Crippen LogP contribution in [0.15, 0.2) is 24.3 Å². The highest BCUT2D eigenvalue weighted by Crippen LogP contribution is 2.26. The molecule has 0 aliphatic carbocycles. The van der Waals surface area contributed by atoms with Gasteiger partial charge in [-0.1, -0.05) is 12.1 Å². The zero-order valence-corrected chi connectivity index (χ0v) is 16.1. The SMILES string of the molecule is CCN(CC)C(=O)c1nc(C(=O)Nc2ccccc2OC)n2c1CCCC2. The predicted octanol–water partition coefficient (Wildman–Crippen LogP) is 2.96. The Hall–Kier alpha value is -2.83. The zero-order valence-electron chi connectivity index (χ0n) is 16.1. The van der Waals surface area contributed by atoms with Crippen LogP contribution in [0.5, 0.6) is 5.75 Å². The lowest BCUT2D eigenvalue weighted by Gasteiger charge is -2.20. The Morgan fingerprint density at radius 2 is 1.96 bits per heavy atom. The Kier molecular flexibility index (Phi) is 5.78. The van der Waals surface area contributed by atoms with Gasteiger partial charge in [0, 0.05) is 19.6 Å². The number of imidazole rings is 1. The Morgan fingerprint density at radius 1 is 1.22 bits per heavy atom. The maximum absolute atomic E-state index is 12.9. The van der Waals surface area contributed by atoms with Crippen molar-refractivity contribution >= 4 is 17.5 Å². The van der Waals surface area contributed by atoms with Gasteiger partial charge in [-0.3, -0.25) is 9.59 Å². The molecular formula is C20H26N4O3. The summed E-state index contributed by atoms with van der Waals surface area (Å²) in [6.07, 6.45) is 2.73. The van der Waals surface area contributed by atoms with E-state index in [2.05, 4.69) is 10.3 Å². The second-order valence-electron chi connectivity index (χ2n) is 6.47. The second kappa shape index (κ2) is 8.24. The highest BCUT2D eigenvalue weighted by Gasteiger charge is 2.29. The number of rotatable bonds is 6. The van der Waals surface area contributed by atoms with E-state index < -0.39 is 0 Å². The van der Waals surface area contributed by atoms with Crippen molar-refractivity contribution in [3.63, 3.8) is 0 Å². The van der Waals surface area contributed by atoms with Gasteiger partial charge < -0.3 is 19.5 Å². The van der Waals surface area contributed by atoms with Crippen LogP contribution in [0.2, 0.25) is 0 Å². The first-order valence-electron chi connectivity index (χ1n) is 9.43. The number of nitrogens with one attached hydrogen (secondary N) is 1. The van der Waals surface area contributed by atoms with Gasteiger partial charge in [-0.05, 0) is 45.2 Å². The minimum absolute atomic E-state index is 0.109. The summed E-state index contributed by atoms with van der Waals surface area (Å²) in [5.41, 5.74) is 1.85. The van der Waals surface area contributed by atoms with E-state index in [1.54, 1.807) is 24.1 Å². The molecule has 1 aromatic carbocycles. The number of anilines is 1. The molecule has 1 aliphatic heterocycles. The number of amides is 2. The molecule has 2 amide bonds. The van der Waals surface area contributed by atoms with Crippen LogP contribution in [0, 0.1) is 0 Å². The summed E-state index contributed by atoms with van der Waals surface area (Å²) < 4.78 is 7.19. The van der Waals surface area contributed by atoms with Crippen molar-refractivity contribution in [1.82, 2.24) is 14.5 Å². The van der Waals surface area contributed by atoms with Crippen molar-refractivity contribution in [2.75, 3.05) is 25.5 Å². The second-order valence-corrected chi connectivity index (χ2v) is 6.47. The summed E-state index contributed by atoms with van der Waals surface area (Å²) >= 11 is 0. The summed E-state index contributed by atoms with van der Waals surface area (Å²) in [5, 5.41) is 2.87. The number of nitrogens with zero attached hydrogens (tertiary/aromatic N) is 3. The smallest absolute Gasteiger partial charge is 0.291 e. The Labute approximate surface area is 159 Å². The molecule has 0 saturated heterocycles. The highest BCUT2D eigenvalue weighted by molar-refractivity contribution is 6.04. The van der Waals surface area contributed by atoms with E-state index in [1.165, 1.54) is 0 Å². The number of fused-ring (bicyclic) bond motifs is 1. The number of para-hydroxylation sites is 2. The van der Waals surface area contributed by atoms with Gasteiger partial charge >= 0.3 is 0 Å². The number of hydrogen-bond donors (Lipinski definition) is 1. The molecular weight excluding hydrogens is 344 g/mol. The van der Waals surface area contributed by atoms with Crippen molar-refractivity contribution in [3.05, 3.63) is 41.5 Å². The standard InChI is InChI=1S/C20H26N4O3/c1-4-23(5-2)20(26)17-15-11-8-9-13-24(15)18(22-17)19(25)21-14-10-6-7-12-16(14)27-3/h6-7,10,12H,4-5,8-9,11,13H2,1-3H3,(H,21,25). The molecule has 0 unspecified atom stereocenters. The van der Waals surface area contributed by atoms with Gasteiger partial charge in [0.25, 0.3) is 11.8 Å². The van der Waals surface area contributed by atoms with Crippen LogP contribution in [0.3, 0.4) is 0 Å². The molecule has 144 valence electrons. The first-order chi connectivity index (χ1) is 13.1. The third kappa shape index (κ3) is 3.67. The highest BCUT2D eigenvalue weighted by atomic mass is 16.5. The van der Waals surface area contributed by atoms with Crippen molar-refractivity contribution in [2.24, 2.45) is 0 Å². The Bertz CT molecular complexity index is 840. The molecule has 1 aliphatic rings. The first kappa shape index (κ1) is 18.9. The van der Waals surface area contributed by atoms with Crippen LogP contribution in [-0.4, -0.2) is 46.5 Å². The average Bonchev–Trinajstić information content (AvgIpc) is 3.09. The van der Waals surface area contributed by atoms with Crippen LogP contribution < -0.4 is 10.1 Å². The van der Waals surface area contributed by atoms with Gasteiger partial charge in [0.2, 0.25) is 0 Å². The summed E-state index contributed by atoms with van der Waals surface area (Å²) in [5.74, 6) is 0.421. The number of ether oxygens (including phenoxy) is 1. The third-order valence-corrected chi connectivity index (χ3v) is 4.93. The average molecular weight is 370 g/mol. The van der Waals surface area contributed by atoms with E-state index >= 15 is 0 Å². The van der Waals surface area contributed by atoms with Crippen molar-refractivity contribution < 1.29 is 14.3 Å². The number of methoxy groups -OCH3 is 1. The molecule has 0 radical (unpaired) electrons. The number of carbonyl (C=O) groups is 2. The summed E-state index contributed by atoms with van der Waals surface area (Å²) in [7, 11) is 1.56. The van der Waals surface area contributed by atoms with E-state index in [-0.39, 0.29) is 17.6 Å². The molecule has 2 heterocycles. The lowest BCUT2D eigenvalue weighted by Crippen LogP contribution is -2.31. The maximum Gasteiger partial charge on any atom is 0.291 e. The lowest BCUT2D eigenvalue weighted by molar-refractivity contribution is 0.0766. The number of carbonyl (C=O) groups excluding carboxylic acids is 2. The molecule has 7 nitrogen and oxygen atoms in total. The molecule has 1 N–H and O–H groups in total. The van der Waals surface area contributed by atoms with Crippen molar-refractivity contribution in [3.8, 4) is 5.75 Å². The molecule has 3 rings (SSSR count). The Morgan fingerprint density at radius 3 is 2.67 bits per heavy atom. The fourth-order valence-corrected chi connectivity index (χ4v) is 3.47. The van der Waals surface area contributed by atoms with E-state index in [1.807, 2.05) is 30.5 Å². The molecule has 0 saturated carbocycles. The number of hydrogen-bond acceptors (Lipinski definition) is 4. The maximum atomic E-state index is 12.9. The fraction of sp³-hybridized carbons (Fsp3) is 0.450. The van der Waals surface area contributed by atoms with Crippen molar-refractivity contribution in [2.45, 2.75) is 39.7 Å². The monoisotopic (exact) mass is 370 g/mol. The number of benzene rings is 1. The predicted molar refractivity (Wildman–Crippen MR) is 103 cm³/mol. The van der Waals surface area contributed by atoms with Crippen LogP contribution in [0.25, 0.3) is 0 Å². The summed E-state index contributed by atoms with van der Waals surface area (Å²) in [4.78, 5) is 32.0. The van der Waals surface area contributed by atoms with Gasteiger partial charge in [0.05, 0.1) is 18.5 Å². The minimum atomic E-state index is -0.332. The minimum Gasteiger partial charge on any atom is -0.495 e. The molecule has 1 aromatic heterocycles. The van der Waals surface area contributed by atoms with Gasteiger partial charge in [-0.25, -0.2) is 4.98 Å². The van der Waals surface area contributed by atoms with E-state index in [0.717, 1.165) is 25.0 Å². The Balaban J connectivity index is 1.96. The quantitative estimate of drug-likeness (QED) is 0.848. The van der Waals surface area contributed by atoms with Crippen LogP contribution >= 0.6 is 0 Å². The molecule has 2 aromatic rings. The topological polar surface area (TPSA) is 76.5 Å². The molecule has 0 atom stereocenters. The first-order valence-corrected chi connectivity index (χ1v) is 9.43. The van der Waals surface area contributed by atoms with E-state index in [4.69, 9.17) is 4.74 Å². The fourth-order valence-electron chi connectivity index (χ4n) is 3.47. The molecule has 0 bridgehead atoms. The van der Waals surface area contributed by atoms with Crippen LogP contribution in [0.1, 0.15) is 53.5 Å². The molecule has 7 heteroatoms. The van der Waals surface area contributed by atoms with Gasteiger partial charge in [0.1, 0.15) is 11.4 Å². The third-order valence-electron chi connectivity index (χ3n) is 4.93. The summed E-state index contributed by atoms with van der Waals surface area (Å²) in [6, 6.07) is 7.23. The molecule has 27 heavy (non-hydrogen) atoms. The largest absolute Gasteiger partial charge is 0.495 e. The van der Waals surface area contributed by atoms with Gasteiger partial charge in [0.15, 0.2) is 5.82 Å². The number of aromatic nitrogens is 2. The van der Waals surface area contributed by atoms with Crippen LogP contribution in [0.4, 0.5) is 5.69 Å². The van der Waals surface area contributed by atoms with E-state index in [9.17, 15) is 9.59 Å². The van der Waals surface area contributed by atoms with Gasteiger partial charge in [-0.15, -0.1) is 0 Å². The summed E-state index contributed by atoms with van der Waals surface area (Å²) in [6.45, 7) is 5.82. The van der Waals surface area contributed by atoms with Crippen LogP contribution in [-0.2, 0) is 13.0 Å². The van der Waals surface area contributed by atoms with Crippen molar-refractivity contribution in [1.29, 1.82) is 0 Å². The normalized spacial score (nSPS) is 13.0. The lowest BCUT2D eigenvalue weighted by atomic mass is 10.1. The van der Waals surface area contributed by atoms with Gasteiger partial charge in [-0.2, -0.15) is 0 Å². The molecule has 0 spiro atoms.